The molecule has 1 amide bonds. The normalized spacial score (nSPS) is 16.4. The van der Waals surface area contributed by atoms with Crippen molar-refractivity contribution in [3.05, 3.63) is 29.3 Å². The number of benzene rings is 1. The van der Waals surface area contributed by atoms with Gasteiger partial charge in [0.2, 0.25) is 5.91 Å². The predicted octanol–water partition coefficient (Wildman–Crippen LogP) is -4.22. The molecule has 0 unspecified atom stereocenters. The molecule has 1 heterocycles. The SMILES string of the molecule is Cc1ccc(C)c(NC(=O)C[C@H]([NH2+]CC[NH+]2CC[NH2+]CC2)C(=O)[O-])c1. The zero-order chi connectivity index (χ0) is 18.2. The number of aryl methyl sites for hydroxylation is 2. The molecule has 0 saturated carbocycles. The molecule has 6 N–H and O–H groups in total. The summed E-state index contributed by atoms with van der Waals surface area (Å²) in [6.07, 6.45) is -0.0845. The number of carbonyl (C=O) groups excluding carboxylic acids is 2. The van der Waals surface area contributed by atoms with E-state index in [-0.39, 0.29) is 12.3 Å². The second kappa shape index (κ2) is 9.50. The number of nitrogens with one attached hydrogen (secondary N) is 2. The predicted molar refractivity (Wildman–Crippen MR) is 92.0 cm³/mol. The van der Waals surface area contributed by atoms with Gasteiger partial charge in [-0.3, -0.25) is 4.79 Å². The van der Waals surface area contributed by atoms with E-state index >= 15 is 0 Å². The van der Waals surface area contributed by atoms with Crippen LogP contribution in [0.4, 0.5) is 5.69 Å². The fraction of sp³-hybridized carbons (Fsp3) is 0.556. The Hall–Kier alpha value is -1.96. The summed E-state index contributed by atoms with van der Waals surface area (Å²) in [6, 6.07) is 4.96. The van der Waals surface area contributed by atoms with Crippen LogP contribution in [0.3, 0.4) is 0 Å². The minimum Gasteiger partial charge on any atom is -0.544 e. The fourth-order valence-electron chi connectivity index (χ4n) is 3.15. The number of hydrogen-bond donors (Lipinski definition) is 4. The molecule has 7 heteroatoms. The van der Waals surface area contributed by atoms with Gasteiger partial charge in [-0.25, -0.2) is 0 Å². The third-order valence-corrected chi connectivity index (χ3v) is 4.73. The number of aliphatic carboxylic acids is 1. The summed E-state index contributed by atoms with van der Waals surface area (Å²) in [6.45, 7) is 9.92. The van der Waals surface area contributed by atoms with Crippen LogP contribution in [0.2, 0.25) is 0 Å². The van der Waals surface area contributed by atoms with E-state index in [9.17, 15) is 14.7 Å². The maximum Gasteiger partial charge on any atom is 0.230 e. The molecular formula is C18H30N4O3+2. The van der Waals surface area contributed by atoms with Gasteiger partial charge in [-0.05, 0) is 31.0 Å². The molecule has 1 aliphatic heterocycles. The molecule has 2 rings (SSSR count). The quantitative estimate of drug-likeness (QED) is 0.382. The van der Waals surface area contributed by atoms with Crippen LogP contribution in [-0.4, -0.2) is 57.2 Å². The zero-order valence-corrected chi connectivity index (χ0v) is 15.1. The number of quaternary nitrogens is 3. The van der Waals surface area contributed by atoms with E-state index < -0.39 is 12.0 Å². The first kappa shape index (κ1) is 19.4. The van der Waals surface area contributed by atoms with E-state index in [2.05, 4.69) is 10.6 Å². The van der Waals surface area contributed by atoms with Crippen LogP contribution in [0, 0.1) is 13.8 Å². The van der Waals surface area contributed by atoms with E-state index in [0.717, 1.165) is 49.5 Å². The van der Waals surface area contributed by atoms with Crippen molar-refractivity contribution in [2.45, 2.75) is 26.3 Å². The zero-order valence-electron chi connectivity index (χ0n) is 15.1. The number of piperazine rings is 1. The van der Waals surface area contributed by atoms with Crippen molar-refractivity contribution in [1.82, 2.24) is 0 Å². The van der Waals surface area contributed by atoms with E-state index in [1.807, 2.05) is 32.0 Å². The summed E-state index contributed by atoms with van der Waals surface area (Å²) in [5, 5.41) is 18.2. The van der Waals surface area contributed by atoms with E-state index in [4.69, 9.17) is 0 Å². The lowest BCUT2D eigenvalue weighted by atomic mass is 10.1. The number of amides is 1. The Labute approximate surface area is 148 Å². The second-order valence-electron chi connectivity index (χ2n) is 6.89. The Morgan fingerprint density at radius 2 is 2.04 bits per heavy atom. The van der Waals surface area contributed by atoms with Crippen LogP contribution in [0.1, 0.15) is 17.5 Å². The lowest BCUT2D eigenvalue weighted by Gasteiger charge is -2.23. The van der Waals surface area contributed by atoms with Crippen LogP contribution >= 0.6 is 0 Å². The van der Waals surface area contributed by atoms with Gasteiger partial charge in [0.25, 0.3) is 0 Å². The first-order valence-corrected chi connectivity index (χ1v) is 9.02. The molecular weight excluding hydrogens is 320 g/mol. The maximum atomic E-state index is 12.2. The Kier molecular flexibility index (Phi) is 7.36. The molecule has 0 spiro atoms. The Morgan fingerprint density at radius 3 is 2.72 bits per heavy atom. The van der Waals surface area contributed by atoms with Gasteiger partial charge in [0, 0.05) is 5.69 Å². The average Bonchev–Trinajstić information content (AvgIpc) is 2.58. The van der Waals surface area contributed by atoms with Crippen molar-refractivity contribution in [3.63, 3.8) is 0 Å². The van der Waals surface area contributed by atoms with Gasteiger partial charge in [-0.1, -0.05) is 12.1 Å². The van der Waals surface area contributed by atoms with Gasteiger partial charge in [-0.2, -0.15) is 0 Å². The standard InChI is InChI=1S/C18H28N4O3/c1-13-3-4-14(2)15(11-13)21-17(23)12-16(18(24)25)20-7-10-22-8-5-19-6-9-22/h3-4,11,16,19-20H,5-10,12H2,1-2H3,(H,21,23)(H,24,25)/p+2/t16-/m0/s1. The van der Waals surface area contributed by atoms with Gasteiger partial charge in [0.15, 0.2) is 0 Å². The summed E-state index contributed by atoms with van der Waals surface area (Å²) < 4.78 is 0. The van der Waals surface area contributed by atoms with E-state index in [1.54, 1.807) is 5.32 Å². The summed E-state index contributed by atoms with van der Waals surface area (Å²) >= 11 is 0. The molecule has 1 aliphatic rings. The Bertz CT molecular complexity index is 600. The van der Waals surface area contributed by atoms with Crippen LogP contribution in [0.5, 0.6) is 0 Å². The Balaban J connectivity index is 1.82. The highest BCUT2D eigenvalue weighted by Gasteiger charge is 2.21. The first-order valence-electron chi connectivity index (χ1n) is 9.02. The Morgan fingerprint density at radius 1 is 1.32 bits per heavy atom. The lowest BCUT2D eigenvalue weighted by molar-refractivity contribution is -0.955. The molecule has 0 aromatic heterocycles. The number of rotatable bonds is 8. The lowest BCUT2D eigenvalue weighted by Crippen LogP contribution is -3.22. The van der Waals surface area contributed by atoms with Crippen molar-refractivity contribution < 1.29 is 30.2 Å². The molecule has 0 aliphatic carbocycles. The maximum absolute atomic E-state index is 12.2. The number of carbonyl (C=O) groups is 2. The van der Waals surface area contributed by atoms with Crippen molar-refractivity contribution in [2.24, 2.45) is 0 Å². The van der Waals surface area contributed by atoms with Crippen LogP contribution < -0.4 is 26.0 Å². The molecule has 25 heavy (non-hydrogen) atoms. The monoisotopic (exact) mass is 350 g/mol. The largest absolute Gasteiger partial charge is 0.544 e. The molecule has 7 nitrogen and oxygen atoms in total. The van der Waals surface area contributed by atoms with Gasteiger partial charge >= 0.3 is 0 Å². The number of nitrogens with two attached hydrogens (primary N) is 2. The summed E-state index contributed by atoms with van der Waals surface area (Å²) in [5.74, 6) is -1.47. The summed E-state index contributed by atoms with van der Waals surface area (Å²) in [4.78, 5) is 25.1. The molecule has 0 bridgehead atoms. The second-order valence-corrected chi connectivity index (χ2v) is 6.89. The van der Waals surface area contributed by atoms with E-state index in [1.165, 1.54) is 4.90 Å². The van der Waals surface area contributed by atoms with Crippen molar-refractivity contribution in [3.8, 4) is 0 Å². The number of anilines is 1. The summed E-state index contributed by atoms with van der Waals surface area (Å²) in [5.41, 5.74) is 2.74. The van der Waals surface area contributed by atoms with Crippen molar-refractivity contribution in [2.75, 3.05) is 44.6 Å². The molecule has 0 radical (unpaired) electrons. The number of carboxylic acid groups (broad SMARTS) is 1. The highest BCUT2D eigenvalue weighted by molar-refractivity contribution is 5.94. The van der Waals surface area contributed by atoms with Gasteiger partial charge in [0.05, 0.1) is 12.4 Å². The smallest absolute Gasteiger partial charge is 0.230 e. The van der Waals surface area contributed by atoms with Crippen molar-refractivity contribution >= 4 is 17.6 Å². The number of hydrogen-bond acceptors (Lipinski definition) is 3. The third kappa shape index (κ3) is 6.45. The van der Waals surface area contributed by atoms with Crippen molar-refractivity contribution in [1.29, 1.82) is 0 Å². The minimum absolute atomic E-state index is 0.0845. The molecule has 138 valence electrons. The molecule has 1 fully saturated rings. The van der Waals surface area contributed by atoms with Crippen LogP contribution in [0.15, 0.2) is 18.2 Å². The molecule has 1 aromatic rings. The highest BCUT2D eigenvalue weighted by Crippen LogP contribution is 2.16. The average molecular weight is 350 g/mol. The van der Waals surface area contributed by atoms with Crippen LogP contribution in [0.25, 0.3) is 0 Å². The molecule has 1 atom stereocenters. The topological polar surface area (TPSA) is 107 Å². The van der Waals surface area contributed by atoms with Gasteiger partial charge in [0.1, 0.15) is 45.3 Å². The van der Waals surface area contributed by atoms with Crippen LogP contribution in [-0.2, 0) is 9.59 Å². The number of carboxylic acids is 1. The molecule has 1 aromatic carbocycles. The molecule has 1 saturated heterocycles. The summed E-state index contributed by atoms with van der Waals surface area (Å²) in [7, 11) is 0. The van der Waals surface area contributed by atoms with Gasteiger partial charge in [-0.15, -0.1) is 0 Å². The van der Waals surface area contributed by atoms with E-state index in [0.29, 0.717) is 6.54 Å². The first-order chi connectivity index (χ1) is 12.0. The minimum atomic E-state index is -1.18. The van der Waals surface area contributed by atoms with Gasteiger partial charge < -0.3 is 30.8 Å². The highest BCUT2D eigenvalue weighted by atomic mass is 16.4. The third-order valence-electron chi connectivity index (χ3n) is 4.73. The fourth-order valence-corrected chi connectivity index (χ4v) is 3.15.